The lowest BCUT2D eigenvalue weighted by Crippen LogP contribution is -2.69. The SMILES string of the molecule is O=C(O)[C@H](Cc1ccc(O)cc1)N(C[C@H]1O[C@@H]2O[C@H]3[C@H](O)[C@@H](O)[C@@H](O[C@H]4[C@H](O)[C@@H](O)[C@@H](O[C@H]5[C@H](O)[C@@H](O)[C@@H](O[C@H]6[C@H](O)[C@@H](O)[C@@H](O[C@H]7[C@H](O)[C@@H](O)[C@@H](O[C@H]8[C@H](O)[C@@H](O)[C@@H](O[C@H]1[C@H](O)[C@H]2O)O[C@@H]8CO)O[C@@H]7CO)O[C@@H]6CO)O[C@@H]5CO)O[C@@H]4CO)O[C@@H]3CO)C(=O)OCC1c2ccccc2-c2ccccc21. The Bertz CT molecular complexity index is 3310. The number of aliphatic hydroxyl groups excluding tert-OH is 20. The van der Waals surface area contributed by atoms with Gasteiger partial charge in [-0.1, -0.05) is 60.7 Å². The van der Waals surface area contributed by atoms with Crippen LogP contribution in [0.5, 0.6) is 5.75 Å². The van der Waals surface area contributed by atoms with Crippen LogP contribution >= 0.6 is 0 Å². The zero-order valence-corrected chi connectivity index (χ0v) is 55.9. The second kappa shape index (κ2) is 34.2. The van der Waals surface area contributed by atoms with Crippen LogP contribution in [0.2, 0.25) is 0 Å². The van der Waals surface area contributed by atoms with Crippen LogP contribution in [0.15, 0.2) is 72.8 Å². The Morgan fingerprint density at radius 2 is 0.604 bits per heavy atom. The smallest absolute Gasteiger partial charge is 0.410 e. The maximum atomic E-state index is 15.1. The maximum Gasteiger partial charge on any atom is 0.410 e. The fraction of sp³-hybridized carbons (Fsp3) is 0.697. The maximum absolute atomic E-state index is 15.1. The van der Waals surface area contributed by atoms with E-state index in [0.29, 0.717) is 4.90 Å². The van der Waals surface area contributed by atoms with Crippen LogP contribution in [0.4, 0.5) is 4.79 Å². The standard InChI is InChI=1S/C66H89NO39/c68-15-31-52-39(77)46(84)61(95-31)103-54-33(17-70)97-63(48(86)41(54)79)105-56-35(19-72)99-65(50(88)43(56)81)106-57-36(20-73)98-64(49(87)42(57)80)104-55-34(18-71)96-62(47(85)40(55)78)102-53-32(16-69)94-60(45(83)38(53)76)100-51-30(93-59(101-52)44(82)37(51)75)14-67(29(58(89)90)13-22-9-11-23(74)12-10-22)66(91)92-21-28-26-7-3-1-5-24(26)25-6-2-4-8-27(25)28/h1-12,28-57,59-65,68-88H,13-21H2,(H,89,90)/t29-,30+,31+,32+,33+,34+,35+,36+,37+,38+,39+,40+,41+,42+,43+,44+,45+,46+,47+,48+,49+,50+,51+,52+,53+,54+,55+,56+,57+,59+,60+,61+,62+,63+,64+,65+/m0/s1. The van der Waals surface area contributed by atoms with Crippen LogP contribution in [0.3, 0.4) is 0 Å². The molecule has 3 aromatic rings. The molecule has 1 amide bonds. The lowest BCUT2D eigenvalue weighted by molar-refractivity contribution is -0.396. The van der Waals surface area contributed by atoms with Gasteiger partial charge in [0, 0.05) is 12.3 Å². The van der Waals surface area contributed by atoms with Crippen molar-refractivity contribution in [3.05, 3.63) is 89.5 Å². The van der Waals surface area contributed by atoms with Gasteiger partial charge in [-0.2, -0.15) is 0 Å². The van der Waals surface area contributed by atoms with Gasteiger partial charge < -0.3 is 183 Å². The van der Waals surface area contributed by atoms with Crippen LogP contribution in [-0.4, -0.2) is 403 Å². The van der Waals surface area contributed by atoms with Gasteiger partial charge in [-0.3, -0.25) is 4.90 Å². The second-order valence-corrected chi connectivity index (χ2v) is 27.2. The molecular formula is C66H89NO39. The van der Waals surface area contributed by atoms with E-state index in [4.69, 9.17) is 71.1 Å². The van der Waals surface area contributed by atoms with Crippen LogP contribution in [0.25, 0.3) is 11.1 Å². The molecule has 14 bridgehead atoms. The molecule has 106 heavy (non-hydrogen) atoms. The number of phenols is 1. The number of benzene rings is 3. The van der Waals surface area contributed by atoms with Crippen LogP contribution in [0.1, 0.15) is 22.6 Å². The van der Waals surface area contributed by atoms with Crippen molar-refractivity contribution in [3.63, 3.8) is 0 Å². The Hall–Kier alpha value is -5.16. The van der Waals surface area contributed by atoms with Crippen molar-refractivity contribution in [1.29, 1.82) is 0 Å². The number of nitrogens with zero attached hydrogens (tertiary/aromatic N) is 1. The first kappa shape index (κ1) is 80.4. The molecule has 21 aliphatic heterocycles. The molecule has 40 heteroatoms. The fourth-order valence-electron chi connectivity index (χ4n) is 14.8. The molecule has 592 valence electrons. The zero-order valence-electron chi connectivity index (χ0n) is 55.9. The summed E-state index contributed by atoms with van der Waals surface area (Å²) in [5.74, 6) is -2.54. The van der Waals surface area contributed by atoms with Crippen molar-refractivity contribution in [2.75, 3.05) is 52.8 Å². The molecule has 0 saturated carbocycles. The van der Waals surface area contributed by atoms with Crippen molar-refractivity contribution >= 4 is 12.1 Å². The number of carbonyl (C=O) groups excluding carboxylic acids is 1. The first-order valence-electron chi connectivity index (χ1n) is 34.2. The number of aliphatic hydroxyl groups is 20. The predicted molar refractivity (Wildman–Crippen MR) is 336 cm³/mol. The minimum Gasteiger partial charge on any atom is -0.508 e. The third-order valence-corrected chi connectivity index (χ3v) is 20.6. The Morgan fingerprint density at radius 1 is 0.349 bits per heavy atom. The van der Waals surface area contributed by atoms with Gasteiger partial charge in [-0.05, 0) is 39.9 Å². The van der Waals surface area contributed by atoms with Crippen LogP contribution in [-0.2, 0) is 82.3 Å². The fourth-order valence-corrected chi connectivity index (χ4v) is 14.8. The number of carboxylic acids is 1. The Labute approximate surface area is 600 Å². The molecule has 22 N–H and O–H groups in total. The molecule has 0 spiro atoms. The summed E-state index contributed by atoms with van der Waals surface area (Å²) in [6.45, 7) is -8.30. The summed E-state index contributed by atoms with van der Waals surface area (Å²) in [7, 11) is 0. The average Bonchev–Trinajstić information content (AvgIpc) is 1.79. The van der Waals surface area contributed by atoms with Crippen molar-refractivity contribution in [2.24, 2.45) is 0 Å². The van der Waals surface area contributed by atoms with Crippen molar-refractivity contribution < 1.29 is 193 Å². The third kappa shape index (κ3) is 15.9. The molecule has 25 rings (SSSR count). The number of carbonyl (C=O) groups is 2. The normalized spacial score (nSPS) is 44.0. The van der Waals surface area contributed by atoms with E-state index in [1.807, 2.05) is 12.1 Å². The second-order valence-electron chi connectivity index (χ2n) is 27.2. The van der Waals surface area contributed by atoms with Crippen molar-refractivity contribution in [1.82, 2.24) is 4.90 Å². The number of fused-ring (bicyclic) bond motifs is 3. The summed E-state index contributed by atoms with van der Waals surface area (Å²) < 4.78 is 88.4. The van der Waals surface area contributed by atoms with Crippen molar-refractivity contribution in [3.8, 4) is 16.9 Å². The Kier molecular flexibility index (Phi) is 25.9. The number of carboxylic acid groups (broad SMARTS) is 1. The molecule has 36 atom stereocenters. The number of ether oxygens (including phenoxy) is 15. The summed E-state index contributed by atoms with van der Waals surface area (Å²) in [6, 6.07) is 17.6. The minimum atomic E-state index is -2.47. The van der Waals surface area contributed by atoms with E-state index in [0.717, 1.165) is 22.3 Å². The van der Waals surface area contributed by atoms with Gasteiger partial charge >= 0.3 is 12.1 Å². The first-order valence-corrected chi connectivity index (χ1v) is 34.2. The van der Waals surface area contributed by atoms with Gasteiger partial charge in [0.1, 0.15) is 189 Å². The number of amides is 1. The quantitative estimate of drug-likeness (QED) is 0.0713. The Balaban J connectivity index is 0.883. The van der Waals surface area contributed by atoms with Gasteiger partial charge in [-0.15, -0.1) is 0 Å². The number of hydrogen-bond donors (Lipinski definition) is 22. The van der Waals surface area contributed by atoms with E-state index >= 15 is 4.79 Å². The van der Waals surface area contributed by atoms with Gasteiger partial charge in [-0.25, -0.2) is 9.59 Å². The van der Waals surface area contributed by atoms with E-state index in [1.54, 1.807) is 36.4 Å². The molecule has 21 heterocycles. The topological polar surface area (TPSA) is 621 Å². The highest BCUT2D eigenvalue weighted by atomic mass is 16.8. The lowest BCUT2D eigenvalue weighted by atomic mass is 9.94. The molecule has 21 fully saturated rings. The number of hydrogen-bond acceptors (Lipinski definition) is 38. The first-order chi connectivity index (χ1) is 50.7. The summed E-state index contributed by atoms with van der Waals surface area (Å²) in [5, 5.41) is 250. The summed E-state index contributed by atoms with van der Waals surface area (Å²) in [6.07, 6.45) is -77.2. The zero-order chi connectivity index (χ0) is 76.0. The van der Waals surface area contributed by atoms with Crippen LogP contribution in [0, 0.1) is 0 Å². The number of aliphatic carboxylic acids is 1. The number of aromatic hydroxyl groups is 1. The number of phenolic OH excluding ortho intramolecular Hbond substituents is 1. The highest BCUT2D eigenvalue weighted by Gasteiger charge is 2.60. The molecule has 0 radical (unpaired) electrons. The van der Waals surface area contributed by atoms with Gasteiger partial charge in [0.05, 0.1) is 46.2 Å². The number of rotatable bonds is 14. The van der Waals surface area contributed by atoms with E-state index < -0.39 is 298 Å². The van der Waals surface area contributed by atoms with Gasteiger partial charge in [0.15, 0.2) is 44.0 Å². The molecule has 1 aliphatic carbocycles. The monoisotopic (exact) mass is 1520 g/mol. The molecular weight excluding hydrogens is 1430 g/mol. The molecule has 22 aliphatic rings. The van der Waals surface area contributed by atoms with Crippen molar-refractivity contribution in [2.45, 2.75) is 233 Å². The molecule has 3 aromatic carbocycles. The summed E-state index contributed by atoms with van der Waals surface area (Å²) in [5.41, 5.74) is 3.30. The lowest BCUT2D eigenvalue weighted by Gasteiger charge is -2.50. The average molecular weight is 1520 g/mol. The van der Waals surface area contributed by atoms with Gasteiger partial charge in [0.2, 0.25) is 0 Å². The van der Waals surface area contributed by atoms with Gasteiger partial charge in [0.25, 0.3) is 0 Å². The summed E-state index contributed by atoms with van der Waals surface area (Å²) in [4.78, 5) is 29.5. The highest BCUT2D eigenvalue weighted by molar-refractivity contribution is 5.81. The van der Waals surface area contributed by atoms with E-state index in [9.17, 15) is 117 Å². The minimum absolute atomic E-state index is 0.216. The molecule has 21 saturated heterocycles. The summed E-state index contributed by atoms with van der Waals surface area (Å²) >= 11 is 0. The van der Waals surface area contributed by atoms with Crippen LogP contribution < -0.4 is 0 Å². The Morgan fingerprint density at radius 3 is 0.868 bits per heavy atom. The highest BCUT2D eigenvalue weighted by Crippen LogP contribution is 2.46. The van der Waals surface area contributed by atoms with E-state index in [1.165, 1.54) is 24.3 Å². The largest absolute Gasteiger partial charge is 0.508 e. The van der Waals surface area contributed by atoms with E-state index in [2.05, 4.69) is 0 Å². The predicted octanol–water partition coefficient (Wildman–Crippen LogP) is -10.6. The molecule has 0 unspecified atom stereocenters. The molecule has 40 nitrogen and oxygen atoms in total. The van der Waals surface area contributed by atoms with E-state index in [-0.39, 0.29) is 11.3 Å². The molecule has 0 aromatic heterocycles. The third-order valence-electron chi connectivity index (χ3n) is 20.6.